The van der Waals surface area contributed by atoms with Gasteiger partial charge in [-0.05, 0) is 31.2 Å². The number of hydrogen-bond donors (Lipinski definition) is 1. The van der Waals surface area contributed by atoms with Crippen LogP contribution in [0.3, 0.4) is 0 Å². The molecule has 0 radical (unpaired) electrons. The fraction of sp³-hybridized carbons (Fsp3) is 0.647. The summed E-state index contributed by atoms with van der Waals surface area (Å²) in [7, 11) is 3.85. The molecule has 0 saturated heterocycles. The number of nitrogens with one attached hydrogen (secondary N) is 1. The van der Waals surface area contributed by atoms with Gasteiger partial charge in [-0.1, -0.05) is 25.5 Å². The molecule has 0 atom stereocenters. The molecule has 0 spiro atoms. The summed E-state index contributed by atoms with van der Waals surface area (Å²) in [4.78, 5) is 2.27. The molecule has 0 aromatic heterocycles. The van der Waals surface area contributed by atoms with Crippen molar-refractivity contribution in [2.45, 2.75) is 26.3 Å². The highest BCUT2D eigenvalue weighted by atomic mass is 16.5. The van der Waals surface area contributed by atoms with Crippen molar-refractivity contribution in [3.8, 4) is 5.75 Å². The number of benzene rings is 1. The Morgan fingerprint density at radius 3 is 2.52 bits per heavy atom. The van der Waals surface area contributed by atoms with Crippen LogP contribution in [-0.4, -0.2) is 51.9 Å². The molecule has 0 heterocycles. The molecule has 1 N–H and O–H groups in total. The third-order valence-corrected chi connectivity index (χ3v) is 3.37. The van der Waals surface area contributed by atoms with Crippen LogP contribution >= 0.6 is 0 Å². The molecule has 0 aliphatic carbocycles. The van der Waals surface area contributed by atoms with Gasteiger partial charge in [0.1, 0.15) is 5.75 Å². The topological polar surface area (TPSA) is 33.7 Å². The first-order valence-corrected chi connectivity index (χ1v) is 7.86. The van der Waals surface area contributed by atoms with Crippen LogP contribution in [0.5, 0.6) is 5.75 Å². The molecule has 0 amide bonds. The summed E-state index contributed by atoms with van der Waals surface area (Å²) < 4.78 is 10.7. The Labute approximate surface area is 129 Å². The van der Waals surface area contributed by atoms with Crippen LogP contribution in [-0.2, 0) is 11.3 Å². The number of ether oxygens (including phenoxy) is 2. The Morgan fingerprint density at radius 2 is 1.86 bits per heavy atom. The van der Waals surface area contributed by atoms with E-state index >= 15 is 0 Å². The number of rotatable bonds is 12. The molecule has 1 aromatic carbocycles. The van der Waals surface area contributed by atoms with E-state index in [4.69, 9.17) is 9.47 Å². The average molecular weight is 294 g/mol. The second-order valence-corrected chi connectivity index (χ2v) is 5.32. The van der Waals surface area contributed by atoms with Crippen molar-refractivity contribution in [3.05, 3.63) is 29.8 Å². The second kappa shape index (κ2) is 11.5. The normalized spacial score (nSPS) is 11.0. The summed E-state index contributed by atoms with van der Waals surface area (Å²) in [6.07, 6.45) is 2.28. The van der Waals surface area contributed by atoms with Gasteiger partial charge >= 0.3 is 0 Å². The number of methoxy groups -OCH3 is 1. The fourth-order valence-corrected chi connectivity index (χ4v) is 1.90. The van der Waals surface area contributed by atoms with E-state index in [1.165, 1.54) is 12.0 Å². The minimum Gasteiger partial charge on any atom is -0.494 e. The summed E-state index contributed by atoms with van der Waals surface area (Å²) in [5, 5.41) is 3.46. The Bertz CT molecular complexity index is 354. The van der Waals surface area contributed by atoms with E-state index in [-0.39, 0.29) is 0 Å². The molecular formula is C17H30N2O2. The Kier molecular flexibility index (Phi) is 9.87. The third kappa shape index (κ3) is 8.71. The zero-order valence-corrected chi connectivity index (χ0v) is 13.7. The zero-order valence-electron chi connectivity index (χ0n) is 13.7. The second-order valence-electron chi connectivity index (χ2n) is 5.32. The molecule has 0 unspecified atom stereocenters. The molecule has 1 rings (SSSR count). The van der Waals surface area contributed by atoms with Crippen LogP contribution in [0.4, 0.5) is 0 Å². The largest absolute Gasteiger partial charge is 0.494 e. The van der Waals surface area contributed by atoms with E-state index in [1.54, 1.807) is 7.11 Å². The van der Waals surface area contributed by atoms with Gasteiger partial charge in [0.05, 0.1) is 13.2 Å². The molecule has 0 fully saturated rings. The number of likely N-dealkylation sites (N-methyl/N-ethyl adjacent to an activating group) is 1. The maximum atomic E-state index is 5.66. The molecule has 0 bridgehead atoms. The first-order chi connectivity index (χ1) is 10.3. The predicted molar refractivity (Wildman–Crippen MR) is 87.9 cm³/mol. The maximum absolute atomic E-state index is 5.66. The molecular weight excluding hydrogens is 264 g/mol. The summed E-state index contributed by atoms with van der Waals surface area (Å²) in [6.45, 7) is 7.65. The van der Waals surface area contributed by atoms with Gasteiger partial charge in [-0.3, -0.25) is 0 Å². The molecule has 4 heteroatoms. The van der Waals surface area contributed by atoms with Crippen molar-refractivity contribution in [1.82, 2.24) is 10.2 Å². The van der Waals surface area contributed by atoms with Gasteiger partial charge in [0.25, 0.3) is 0 Å². The van der Waals surface area contributed by atoms with E-state index in [1.807, 2.05) is 0 Å². The highest BCUT2D eigenvalue weighted by molar-refractivity contribution is 5.27. The fourth-order valence-electron chi connectivity index (χ4n) is 1.90. The van der Waals surface area contributed by atoms with Gasteiger partial charge in [0, 0.05) is 33.3 Å². The summed E-state index contributed by atoms with van der Waals surface area (Å²) >= 11 is 0. The van der Waals surface area contributed by atoms with Crippen molar-refractivity contribution in [3.63, 3.8) is 0 Å². The highest BCUT2D eigenvalue weighted by Crippen LogP contribution is 2.12. The minimum atomic E-state index is 0.788. The van der Waals surface area contributed by atoms with E-state index in [0.717, 1.165) is 51.6 Å². The monoisotopic (exact) mass is 294 g/mol. The van der Waals surface area contributed by atoms with Gasteiger partial charge in [-0.25, -0.2) is 0 Å². The molecule has 21 heavy (non-hydrogen) atoms. The minimum absolute atomic E-state index is 0.788. The SMILES string of the molecule is CCCCOc1ccc(CNCCN(C)CCOC)cc1. The van der Waals surface area contributed by atoms with E-state index < -0.39 is 0 Å². The zero-order chi connectivity index (χ0) is 15.3. The van der Waals surface area contributed by atoms with Crippen LogP contribution in [0.25, 0.3) is 0 Å². The Morgan fingerprint density at radius 1 is 1.10 bits per heavy atom. The molecule has 0 saturated carbocycles. The molecule has 120 valence electrons. The smallest absolute Gasteiger partial charge is 0.119 e. The van der Waals surface area contributed by atoms with Gasteiger partial charge in [0.2, 0.25) is 0 Å². The quantitative estimate of drug-likeness (QED) is 0.601. The summed E-state index contributed by atoms with van der Waals surface area (Å²) in [5.41, 5.74) is 1.29. The number of nitrogens with zero attached hydrogens (tertiary/aromatic N) is 1. The van der Waals surface area contributed by atoms with Crippen LogP contribution in [0.15, 0.2) is 24.3 Å². The lowest BCUT2D eigenvalue weighted by atomic mass is 10.2. The summed E-state index contributed by atoms with van der Waals surface area (Å²) in [6, 6.07) is 8.36. The third-order valence-electron chi connectivity index (χ3n) is 3.37. The van der Waals surface area contributed by atoms with Gasteiger partial charge in [0.15, 0.2) is 0 Å². The average Bonchev–Trinajstić information content (AvgIpc) is 2.51. The van der Waals surface area contributed by atoms with Crippen molar-refractivity contribution in [1.29, 1.82) is 0 Å². The van der Waals surface area contributed by atoms with Crippen molar-refractivity contribution < 1.29 is 9.47 Å². The molecule has 1 aromatic rings. The molecule has 4 nitrogen and oxygen atoms in total. The predicted octanol–water partition coefficient (Wildman–Crippen LogP) is 2.53. The van der Waals surface area contributed by atoms with E-state index in [2.05, 4.69) is 48.5 Å². The van der Waals surface area contributed by atoms with Gasteiger partial charge in [-0.2, -0.15) is 0 Å². The maximum Gasteiger partial charge on any atom is 0.119 e. The van der Waals surface area contributed by atoms with Gasteiger partial charge < -0.3 is 19.7 Å². The first-order valence-electron chi connectivity index (χ1n) is 7.86. The number of unbranched alkanes of at least 4 members (excludes halogenated alkanes) is 1. The van der Waals surface area contributed by atoms with E-state index in [9.17, 15) is 0 Å². The Balaban J connectivity index is 2.14. The van der Waals surface area contributed by atoms with Crippen molar-refractivity contribution in [2.75, 3.05) is 47.0 Å². The highest BCUT2D eigenvalue weighted by Gasteiger charge is 1.98. The number of hydrogen-bond acceptors (Lipinski definition) is 4. The van der Waals surface area contributed by atoms with Crippen LogP contribution in [0, 0.1) is 0 Å². The summed E-state index contributed by atoms with van der Waals surface area (Å²) in [5.74, 6) is 0.964. The molecule has 0 aliphatic rings. The van der Waals surface area contributed by atoms with Crippen LogP contribution in [0.2, 0.25) is 0 Å². The molecule has 0 aliphatic heterocycles. The standard InChI is InChI=1S/C17H30N2O2/c1-4-5-13-21-17-8-6-16(7-9-17)15-18-10-11-19(2)12-14-20-3/h6-9,18H,4-5,10-15H2,1-3H3. The lowest BCUT2D eigenvalue weighted by Crippen LogP contribution is -2.31. The Hall–Kier alpha value is -1.10. The van der Waals surface area contributed by atoms with Crippen molar-refractivity contribution >= 4 is 0 Å². The van der Waals surface area contributed by atoms with Gasteiger partial charge in [-0.15, -0.1) is 0 Å². The first kappa shape index (κ1) is 18.0. The van der Waals surface area contributed by atoms with Crippen LogP contribution < -0.4 is 10.1 Å². The van der Waals surface area contributed by atoms with Crippen molar-refractivity contribution in [2.24, 2.45) is 0 Å². The van der Waals surface area contributed by atoms with Crippen LogP contribution in [0.1, 0.15) is 25.3 Å². The lowest BCUT2D eigenvalue weighted by molar-refractivity contribution is 0.161. The van der Waals surface area contributed by atoms with E-state index in [0.29, 0.717) is 0 Å². The lowest BCUT2D eigenvalue weighted by Gasteiger charge is -2.16.